The van der Waals surface area contributed by atoms with Crippen LogP contribution in [0, 0.1) is 0 Å². The van der Waals surface area contributed by atoms with Crippen molar-refractivity contribution in [2.45, 2.75) is 32.8 Å². The molecule has 18 heavy (non-hydrogen) atoms. The van der Waals surface area contributed by atoms with Crippen molar-refractivity contribution in [2.75, 3.05) is 13.4 Å². The monoisotopic (exact) mass is 250 g/mol. The number of benzene rings is 1. The standard InChI is InChI=1S/C14H18O4/c1-11(15)4-2-3-7-16-9-12-5-6-13-14(8-12)18-10-17-13/h5-6,8H,2-4,7,9-10H2,1H3. The Morgan fingerprint density at radius 3 is 2.94 bits per heavy atom. The first-order valence-electron chi connectivity index (χ1n) is 6.21. The van der Waals surface area contributed by atoms with Gasteiger partial charge in [-0.15, -0.1) is 0 Å². The molecule has 0 fully saturated rings. The van der Waals surface area contributed by atoms with Gasteiger partial charge < -0.3 is 19.0 Å². The second-order valence-corrected chi connectivity index (χ2v) is 4.40. The second kappa shape index (κ2) is 6.40. The van der Waals surface area contributed by atoms with Crippen molar-refractivity contribution in [3.63, 3.8) is 0 Å². The number of Topliss-reactive ketones (excluding diaryl/α,β-unsaturated/α-hetero) is 1. The third-order valence-corrected chi connectivity index (χ3v) is 2.77. The average Bonchev–Trinajstić information content (AvgIpc) is 2.80. The van der Waals surface area contributed by atoms with Gasteiger partial charge in [-0.2, -0.15) is 0 Å². The molecular weight excluding hydrogens is 232 g/mol. The van der Waals surface area contributed by atoms with Gasteiger partial charge in [0.05, 0.1) is 6.61 Å². The van der Waals surface area contributed by atoms with E-state index in [1.165, 1.54) is 0 Å². The molecule has 0 radical (unpaired) electrons. The Bertz CT molecular complexity index is 414. The highest BCUT2D eigenvalue weighted by Gasteiger charge is 2.12. The molecule has 1 aromatic carbocycles. The summed E-state index contributed by atoms with van der Waals surface area (Å²) in [6, 6.07) is 5.82. The molecule has 0 amide bonds. The number of carbonyl (C=O) groups excluding carboxylic acids is 1. The fourth-order valence-corrected chi connectivity index (χ4v) is 1.80. The summed E-state index contributed by atoms with van der Waals surface area (Å²) in [4.78, 5) is 10.7. The molecular formula is C14H18O4. The fourth-order valence-electron chi connectivity index (χ4n) is 1.80. The molecule has 4 nitrogen and oxygen atoms in total. The zero-order chi connectivity index (χ0) is 12.8. The largest absolute Gasteiger partial charge is 0.454 e. The van der Waals surface area contributed by atoms with Crippen molar-refractivity contribution in [2.24, 2.45) is 0 Å². The van der Waals surface area contributed by atoms with Crippen LogP contribution in [-0.2, 0) is 16.1 Å². The molecule has 0 bridgehead atoms. The van der Waals surface area contributed by atoms with Gasteiger partial charge >= 0.3 is 0 Å². The molecule has 1 aliphatic rings. The van der Waals surface area contributed by atoms with E-state index >= 15 is 0 Å². The first-order chi connectivity index (χ1) is 8.75. The summed E-state index contributed by atoms with van der Waals surface area (Å²) < 4.78 is 16.1. The Balaban J connectivity index is 1.66. The Morgan fingerprint density at radius 2 is 2.11 bits per heavy atom. The quantitative estimate of drug-likeness (QED) is 0.698. The van der Waals surface area contributed by atoms with Gasteiger partial charge in [-0.25, -0.2) is 0 Å². The van der Waals surface area contributed by atoms with Gasteiger partial charge in [0.15, 0.2) is 11.5 Å². The van der Waals surface area contributed by atoms with E-state index < -0.39 is 0 Å². The van der Waals surface area contributed by atoms with Crippen molar-refractivity contribution in [3.8, 4) is 11.5 Å². The van der Waals surface area contributed by atoms with Gasteiger partial charge in [-0.3, -0.25) is 0 Å². The van der Waals surface area contributed by atoms with Gasteiger partial charge in [0.2, 0.25) is 6.79 Å². The number of fused-ring (bicyclic) bond motifs is 1. The van der Waals surface area contributed by atoms with Gasteiger partial charge in [0, 0.05) is 13.0 Å². The Labute approximate surface area is 107 Å². The summed E-state index contributed by atoms with van der Waals surface area (Å²) in [5.41, 5.74) is 1.07. The van der Waals surface area contributed by atoms with Crippen LogP contribution in [0.25, 0.3) is 0 Å². The highest BCUT2D eigenvalue weighted by Crippen LogP contribution is 2.32. The summed E-state index contributed by atoms with van der Waals surface area (Å²) in [6.45, 7) is 3.16. The topological polar surface area (TPSA) is 44.8 Å². The Morgan fingerprint density at radius 1 is 1.28 bits per heavy atom. The summed E-state index contributed by atoms with van der Waals surface area (Å²) in [5.74, 6) is 1.82. The van der Waals surface area contributed by atoms with E-state index in [1.54, 1.807) is 6.92 Å². The van der Waals surface area contributed by atoms with E-state index in [4.69, 9.17) is 14.2 Å². The molecule has 1 aromatic rings. The van der Waals surface area contributed by atoms with Crippen LogP contribution >= 0.6 is 0 Å². The van der Waals surface area contributed by atoms with Crippen LogP contribution in [0.4, 0.5) is 0 Å². The third kappa shape index (κ3) is 3.74. The molecule has 0 atom stereocenters. The molecule has 0 unspecified atom stereocenters. The molecule has 2 rings (SSSR count). The normalized spacial score (nSPS) is 12.7. The maximum atomic E-state index is 10.7. The number of rotatable bonds is 7. The molecule has 0 saturated heterocycles. The van der Waals surface area contributed by atoms with E-state index in [0.717, 1.165) is 29.9 Å². The van der Waals surface area contributed by atoms with Crippen LogP contribution < -0.4 is 9.47 Å². The number of unbranched alkanes of at least 4 members (excludes halogenated alkanes) is 1. The number of hydrogen-bond acceptors (Lipinski definition) is 4. The van der Waals surface area contributed by atoms with Crippen molar-refractivity contribution in [1.29, 1.82) is 0 Å². The van der Waals surface area contributed by atoms with Crippen LogP contribution in [-0.4, -0.2) is 19.2 Å². The molecule has 1 heterocycles. The van der Waals surface area contributed by atoms with Crippen molar-refractivity contribution >= 4 is 5.78 Å². The second-order valence-electron chi connectivity index (χ2n) is 4.40. The van der Waals surface area contributed by atoms with Gasteiger partial charge in [0.25, 0.3) is 0 Å². The van der Waals surface area contributed by atoms with Crippen LogP contribution in [0.2, 0.25) is 0 Å². The highest BCUT2D eigenvalue weighted by atomic mass is 16.7. The maximum absolute atomic E-state index is 10.7. The van der Waals surface area contributed by atoms with Crippen LogP contribution in [0.3, 0.4) is 0 Å². The van der Waals surface area contributed by atoms with E-state index in [1.807, 2.05) is 18.2 Å². The summed E-state index contributed by atoms with van der Waals surface area (Å²) in [5, 5.41) is 0. The predicted molar refractivity (Wildman–Crippen MR) is 66.8 cm³/mol. The third-order valence-electron chi connectivity index (χ3n) is 2.77. The highest BCUT2D eigenvalue weighted by molar-refractivity contribution is 5.75. The van der Waals surface area contributed by atoms with E-state index in [-0.39, 0.29) is 5.78 Å². The lowest BCUT2D eigenvalue weighted by atomic mass is 10.2. The van der Waals surface area contributed by atoms with E-state index in [2.05, 4.69) is 0 Å². The van der Waals surface area contributed by atoms with Crippen LogP contribution in [0.15, 0.2) is 18.2 Å². The maximum Gasteiger partial charge on any atom is 0.231 e. The Kier molecular flexibility index (Phi) is 4.59. The molecule has 1 aliphatic heterocycles. The molecule has 0 N–H and O–H groups in total. The summed E-state index contributed by atoms with van der Waals surface area (Å²) in [7, 11) is 0. The summed E-state index contributed by atoms with van der Waals surface area (Å²) in [6.07, 6.45) is 2.47. The van der Waals surface area contributed by atoms with Crippen LogP contribution in [0.5, 0.6) is 11.5 Å². The number of hydrogen-bond donors (Lipinski definition) is 0. The fraction of sp³-hybridized carbons (Fsp3) is 0.500. The average molecular weight is 250 g/mol. The lowest BCUT2D eigenvalue weighted by Gasteiger charge is -2.05. The minimum Gasteiger partial charge on any atom is -0.454 e. The molecule has 98 valence electrons. The number of carbonyl (C=O) groups is 1. The smallest absolute Gasteiger partial charge is 0.231 e. The summed E-state index contributed by atoms with van der Waals surface area (Å²) >= 11 is 0. The van der Waals surface area contributed by atoms with Crippen LogP contribution in [0.1, 0.15) is 31.7 Å². The van der Waals surface area contributed by atoms with E-state index in [0.29, 0.717) is 26.4 Å². The number of ether oxygens (including phenoxy) is 3. The lowest BCUT2D eigenvalue weighted by molar-refractivity contribution is -0.117. The zero-order valence-electron chi connectivity index (χ0n) is 10.6. The predicted octanol–water partition coefficient (Wildman–Crippen LogP) is 2.69. The minimum absolute atomic E-state index is 0.241. The SMILES string of the molecule is CC(=O)CCCCOCc1ccc2c(c1)OCO2. The first-order valence-corrected chi connectivity index (χ1v) is 6.21. The first kappa shape index (κ1) is 12.9. The zero-order valence-corrected chi connectivity index (χ0v) is 10.6. The molecule has 0 spiro atoms. The van der Waals surface area contributed by atoms with E-state index in [9.17, 15) is 4.79 Å². The van der Waals surface area contributed by atoms with Crippen molar-refractivity contribution in [3.05, 3.63) is 23.8 Å². The van der Waals surface area contributed by atoms with Gasteiger partial charge in [-0.05, 0) is 37.5 Å². The minimum atomic E-state index is 0.241. The van der Waals surface area contributed by atoms with Crippen molar-refractivity contribution in [1.82, 2.24) is 0 Å². The molecule has 0 saturated carbocycles. The molecule has 0 aromatic heterocycles. The van der Waals surface area contributed by atoms with Gasteiger partial charge in [0.1, 0.15) is 5.78 Å². The molecule has 4 heteroatoms. The number of ketones is 1. The van der Waals surface area contributed by atoms with Crippen molar-refractivity contribution < 1.29 is 19.0 Å². The lowest BCUT2D eigenvalue weighted by Crippen LogP contribution is -1.97. The van der Waals surface area contributed by atoms with Gasteiger partial charge in [-0.1, -0.05) is 6.07 Å². The Hall–Kier alpha value is -1.55. The molecule has 0 aliphatic carbocycles.